The number of carboxylic acids is 1. The highest BCUT2D eigenvalue weighted by molar-refractivity contribution is 7.13. The summed E-state index contributed by atoms with van der Waals surface area (Å²) in [6, 6.07) is 17.9. The Hall–Kier alpha value is -6.07. The molecule has 1 fully saturated rings. The predicted molar refractivity (Wildman–Crippen MR) is 238 cm³/mol. The molecule has 0 amide bonds. The van der Waals surface area contributed by atoms with Crippen molar-refractivity contribution in [1.82, 2.24) is 29.1 Å². The van der Waals surface area contributed by atoms with Gasteiger partial charge in [0.05, 0.1) is 39.2 Å². The highest BCUT2D eigenvalue weighted by Gasteiger charge is 2.31. The number of nitrogens with zero attached hydrogens (tertiary/aromatic N) is 6. The molecule has 1 N–H and O–H groups in total. The van der Waals surface area contributed by atoms with Crippen molar-refractivity contribution in [3.05, 3.63) is 130 Å². The van der Waals surface area contributed by atoms with Crippen LogP contribution in [0.2, 0.25) is 0 Å². The van der Waals surface area contributed by atoms with Crippen LogP contribution in [0.15, 0.2) is 95.5 Å². The second kappa shape index (κ2) is 19.8. The first-order valence-corrected chi connectivity index (χ1v) is 21.8. The van der Waals surface area contributed by atoms with E-state index in [0.717, 1.165) is 56.4 Å². The van der Waals surface area contributed by atoms with Gasteiger partial charge in [-0.2, -0.15) is 4.37 Å². The molecule has 1 atom stereocenters. The van der Waals surface area contributed by atoms with Crippen molar-refractivity contribution in [2.24, 2.45) is 0 Å². The zero-order valence-electron chi connectivity index (χ0n) is 35.2. The van der Waals surface area contributed by atoms with Gasteiger partial charge in [0, 0.05) is 69.1 Å². The minimum atomic E-state index is -1.62. The molecule has 2 aliphatic rings. The van der Waals surface area contributed by atoms with Crippen LogP contribution in [0.1, 0.15) is 36.6 Å². The molecule has 0 unspecified atom stereocenters. The van der Waals surface area contributed by atoms with E-state index in [4.69, 9.17) is 30.5 Å². The van der Waals surface area contributed by atoms with Gasteiger partial charge in [-0.15, -0.1) is 0 Å². The number of aliphatic carboxylic acids is 1. The molecule has 4 heterocycles. The molecule has 8 rings (SSSR count). The van der Waals surface area contributed by atoms with Crippen LogP contribution in [0.3, 0.4) is 0 Å². The van der Waals surface area contributed by atoms with E-state index < -0.39 is 29.5 Å². The Bertz CT molecular complexity index is 2740. The summed E-state index contributed by atoms with van der Waals surface area (Å²) in [5.41, 5.74) is 3.56. The van der Waals surface area contributed by atoms with Crippen molar-refractivity contribution in [2.45, 2.75) is 38.9 Å². The van der Waals surface area contributed by atoms with Gasteiger partial charge in [-0.1, -0.05) is 41.9 Å². The van der Waals surface area contributed by atoms with Crippen LogP contribution in [0.4, 0.5) is 13.2 Å². The highest BCUT2D eigenvalue weighted by Crippen LogP contribution is 2.47. The molecule has 12 nitrogen and oxygen atoms in total. The first-order valence-electron chi connectivity index (χ1n) is 20.6. The van der Waals surface area contributed by atoms with E-state index in [0.29, 0.717) is 91.2 Å². The van der Waals surface area contributed by atoms with Gasteiger partial charge in [0.1, 0.15) is 30.5 Å². The standard InChI is InChI=1S/C47H44ClF3N6O6S/c1-27-31(12-13-37(42(27)48)61-21-20-57-18-16-56(2)17-19-57)40-41-39(25-53-44(40)29-22-33(49)43(51)34(50)23-29)64-55-46(41)63-38(47(58)59)24-28-8-4-6-10-35(28)62-26-30-14-15-52-45(54-30)32-9-5-7-11-36(32)60-3/h4-11,14-15,22-23,25,38H,12-13,16-21,24,26H2,1-3H3,(H,58,59)/t38-/m1/s1. The quantitative estimate of drug-likeness (QED) is 0.0929. The maximum absolute atomic E-state index is 14.8. The summed E-state index contributed by atoms with van der Waals surface area (Å²) in [5.74, 6) is -3.61. The van der Waals surface area contributed by atoms with Crippen molar-refractivity contribution < 1.29 is 42.0 Å². The maximum Gasteiger partial charge on any atom is 0.345 e. The molecule has 0 bridgehead atoms. The smallest absolute Gasteiger partial charge is 0.345 e. The molecule has 1 saturated heterocycles. The maximum atomic E-state index is 14.8. The van der Waals surface area contributed by atoms with Crippen LogP contribution in [-0.2, 0) is 22.6 Å². The lowest BCUT2D eigenvalue weighted by atomic mass is 9.87. The lowest BCUT2D eigenvalue weighted by Gasteiger charge is -2.32. The number of pyridine rings is 1. The molecule has 17 heteroatoms. The van der Waals surface area contributed by atoms with Crippen LogP contribution in [0.5, 0.6) is 17.4 Å². The van der Waals surface area contributed by atoms with Gasteiger partial charge in [-0.05, 0) is 85.0 Å². The third kappa shape index (κ3) is 9.70. The van der Waals surface area contributed by atoms with E-state index in [1.54, 1.807) is 43.6 Å². The van der Waals surface area contributed by atoms with E-state index in [9.17, 15) is 23.1 Å². The van der Waals surface area contributed by atoms with Crippen molar-refractivity contribution in [1.29, 1.82) is 0 Å². The van der Waals surface area contributed by atoms with Crippen LogP contribution >= 0.6 is 23.1 Å². The number of aromatic nitrogens is 4. The van der Waals surface area contributed by atoms with Gasteiger partial charge in [0.15, 0.2) is 23.3 Å². The van der Waals surface area contributed by atoms with Crippen molar-refractivity contribution in [2.75, 3.05) is 53.5 Å². The Morgan fingerprint density at radius 1 is 0.953 bits per heavy atom. The van der Waals surface area contributed by atoms with Crippen LogP contribution in [-0.4, -0.2) is 99.8 Å². The zero-order valence-corrected chi connectivity index (χ0v) is 36.8. The monoisotopic (exact) mass is 912 g/mol. The van der Waals surface area contributed by atoms with E-state index in [2.05, 4.69) is 36.2 Å². The van der Waals surface area contributed by atoms with E-state index in [-0.39, 0.29) is 30.2 Å². The van der Waals surface area contributed by atoms with Gasteiger partial charge in [0.25, 0.3) is 0 Å². The molecule has 1 aliphatic heterocycles. The highest BCUT2D eigenvalue weighted by atomic mass is 35.5. The summed E-state index contributed by atoms with van der Waals surface area (Å²) in [6.45, 7) is 6.89. The van der Waals surface area contributed by atoms with Gasteiger partial charge >= 0.3 is 5.97 Å². The summed E-state index contributed by atoms with van der Waals surface area (Å²) >= 11 is 8.06. The third-order valence-electron chi connectivity index (χ3n) is 11.3. The van der Waals surface area contributed by atoms with Gasteiger partial charge in [0.2, 0.25) is 12.0 Å². The van der Waals surface area contributed by atoms with Gasteiger partial charge < -0.3 is 29.0 Å². The largest absolute Gasteiger partial charge is 0.496 e. The molecule has 332 valence electrons. The number of hydrogen-bond donors (Lipinski definition) is 1. The fraction of sp³-hybridized carbons (Fsp3) is 0.298. The third-order valence-corrected chi connectivity index (χ3v) is 12.6. The van der Waals surface area contributed by atoms with Crippen LogP contribution in [0, 0.1) is 17.5 Å². The summed E-state index contributed by atoms with van der Waals surface area (Å²) in [6.07, 6.45) is 2.26. The Morgan fingerprint density at radius 3 is 2.44 bits per heavy atom. The normalized spacial score (nSPS) is 15.4. The second-order valence-electron chi connectivity index (χ2n) is 15.4. The molecular formula is C47H44ClF3N6O6S. The Balaban J connectivity index is 1.10. The van der Waals surface area contributed by atoms with Gasteiger partial charge in [-0.25, -0.2) is 27.9 Å². The number of ether oxygens (including phenoxy) is 4. The number of halogens is 4. The molecule has 3 aromatic carbocycles. The predicted octanol–water partition coefficient (Wildman–Crippen LogP) is 9.18. The summed E-state index contributed by atoms with van der Waals surface area (Å²) in [4.78, 5) is 31.3. The topological polar surface area (TPSA) is 132 Å². The molecule has 0 spiro atoms. The number of rotatable bonds is 16. The van der Waals surface area contributed by atoms with Crippen molar-refractivity contribution >= 4 is 44.8 Å². The summed E-state index contributed by atoms with van der Waals surface area (Å²) in [5, 5.41) is 11.3. The van der Waals surface area contributed by atoms with Crippen molar-refractivity contribution in [3.8, 4) is 40.0 Å². The number of allylic oxidation sites excluding steroid dienone is 4. The number of piperazine rings is 1. The lowest BCUT2D eigenvalue weighted by molar-refractivity contribution is -0.145. The number of methoxy groups -OCH3 is 1. The number of benzene rings is 3. The SMILES string of the molecule is COc1ccccc1-c1nccc(COc2ccccc2C[C@@H](Oc2nsc3cnc(-c4cc(F)c(F)c(F)c4)c(C4=C(C)C(Cl)=C(OCCN5CCN(C)CC5)CC4)c23)C(=O)O)n1. The number of likely N-dealkylation sites (N-methyl/N-ethyl adjacent to an activating group) is 1. The fourth-order valence-corrected chi connectivity index (χ4v) is 8.77. The van der Waals surface area contributed by atoms with E-state index in [1.165, 1.54) is 6.20 Å². The minimum absolute atomic E-state index is 0.0352. The van der Waals surface area contributed by atoms with Gasteiger partial charge in [-0.3, -0.25) is 9.88 Å². The molecule has 0 radical (unpaired) electrons. The van der Waals surface area contributed by atoms with E-state index >= 15 is 0 Å². The van der Waals surface area contributed by atoms with Crippen LogP contribution in [0.25, 0.3) is 38.3 Å². The molecule has 3 aromatic heterocycles. The molecule has 1 aliphatic carbocycles. The number of fused-ring (bicyclic) bond motifs is 1. The van der Waals surface area contributed by atoms with Crippen LogP contribution < -0.4 is 14.2 Å². The Kier molecular flexibility index (Phi) is 13.8. The average molecular weight is 913 g/mol. The molecule has 64 heavy (non-hydrogen) atoms. The number of hydrogen-bond acceptors (Lipinski definition) is 12. The minimum Gasteiger partial charge on any atom is -0.496 e. The second-order valence-corrected chi connectivity index (χ2v) is 16.6. The number of carbonyl (C=O) groups is 1. The fourth-order valence-electron chi connectivity index (χ4n) is 7.81. The van der Waals surface area contributed by atoms with Crippen molar-refractivity contribution in [3.63, 3.8) is 0 Å². The van der Waals surface area contributed by atoms with E-state index in [1.807, 2.05) is 31.2 Å². The molecule has 0 saturated carbocycles. The first-order chi connectivity index (χ1) is 31.0. The Morgan fingerprint density at radius 2 is 1.69 bits per heavy atom. The summed E-state index contributed by atoms with van der Waals surface area (Å²) in [7, 11) is 3.67. The number of para-hydroxylation sites is 2. The zero-order chi connectivity index (χ0) is 44.9. The molecular weight excluding hydrogens is 869 g/mol. The first kappa shape index (κ1) is 44.5. The number of carboxylic acid groups (broad SMARTS) is 1. The molecule has 6 aromatic rings. The average Bonchev–Trinajstić information content (AvgIpc) is 3.72. The lowest BCUT2D eigenvalue weighted by Crippen LogP contribution is -2.45. The summed E-state index contributed by atoms with van der Waals surface area (Å²) < 4.78 is 73.3. The Labute approximate surface area is 376 Å².